The third-order valence-electron chi connectivity index (χ3n) is 1.96. The largest absolute Gasteiger partial charge is 0.366 e. The fourth-order valence-electron chi connectivity index (χ4n) is 1.22. The van der Waals surface area contributed by atoms with Gasteiger partial charge >= 0.3 is 0 Å². The third kappa shape index (κ3) is 2.24. The number of benzene rings is 1. The molecule has 4 nitrogen and oxygen atoms in total. The summed E-state index contributed by atoms with van der Waals surface area (Å²) in [6, 6.07) is 8.07. The highest BCUT2D eigenvalue weighted by Crippen LogP contribution is 2.20. The van der Waals surface area contributed by atoms with Crippen molar-refractivity contribution in [1.29, 1.82) is 0 Å². The molecule has 15 heavy (non-hydrogen) atoms. The number of anilines is 1. The summed E-state index contributed by atoms with van der Waals surface area (Å²) in [7, 11) is 0. The van der Waals surface area contributed by atoms with Gasteiger partial charge in [-0.25, -0.2) is 4.98 Å². The van der Waals surface area contributed by atoms with Crippen molar-refractivity contribution < 1.29 is 0 Å². The Hall–Kier alpha value is -1.62. The van der Waals surface area contributed by atoms with Crippen LogP contribution < -0.4 is 5.73 Å². The van der Waals surface area contributed by atoms with Crippen molar-refractivity contribution in [3.8, 4) is 11.3 Å². The maximum Gasteiger partial charge on any atom is 0.240 e. The summed E-state index contributed by atoms with van der Waals surface area (Å²) in [5.74, 6) is 0.196. The van der Waals surface area contributed by atoms with Crippen LogP contribution in [0.15, 0.2) is 35.4 Å². The van der Waals surface area contributed by atoms with Crippen LogP contribution in [0, 0.1) is 0 Å². The van der Waals surface area contributed by atoms with Crippen LogP contribution in [0.4, 0.5) is 5.95 Å². The average molecular weight is 218 g/mol. The molecular weight excluding hydrogens is 208 g/mol. The van der Waals surface area contributed by atoms with Gasteiger partial charge in [0.05, 0.1) is 11.9 Å². The van der Waals surface area contributed by atoms with E-state index in [0.717, 1.165) is 11.3 Å². The van der Waals surface area contributed by atoms with E-state index in [1.165, 1.54) is 4.90 Å². The van der Waals surface area contributed by atoms with Crippen LogP contribution in [0.2, 0.25) is 0 Å². The maximum absolute atomic E-state index is 5.46. The molecule has 0 aliphatic heterocycles. The first-order valence-electron chi connectivity index (χ1n) is 4.39. The molecule has 1 heterocycles. The highest BCUT2D eigenvalue weighted by atomic mass is 32.2. The lowest BCUT2D eigenvalue weighted by Crippen LogP contribution is -1.97. The predicted octanol–water partition coefficient (Wildman–Crippen LogP) is 1.84. The lowest BCUT2D eigenvalue weighted by atomic mass is 10.2. The summed E-state index contributed by atoms with van der Waals surface area (Å²) in [4.78, 5) is 5.31. The molecule has 0 atom stereocenters. The van der Waals surface area contributed by atoms with Crippen LogP contribution in [-0.4, -0.2) is 21.4 Å². The summed E-state index contributed by atoms with van der Waals surface area (Å²) < 4.78 is 0. The highest BCUT2D eigenvalue weighted by Gasteiger charge is 2.00. The van der Waals surface area contributed by atoms with Crippen molar-refractivity contribution in [3.05, 3.63) is 30.5 Å². The molecule has 1 aromatic carbocycles. The van der Waals surface area contributed by atoms with Crippen molar-refractivity contribution >= 4 is 17.7 Å². The average Bonchev–Trinajstić information content (AvgIpc) is 2.29. The molecule has 0 unspecified atom stereocenters. The lowest BCUT2D eigenvalue weighted by Gasteiger charge is -2.01. The summed E-state index contributed by atoms with van der Waals surface area (Å²) in [6.45, 7) is 0. The van der Waals surface area contributed by atoms with Gasteiger partial charge in [0.25, 0.3) is 0 Å². The Bertz CT molecular complexity index is 455. The van der Waals surface area contributed by atoms with Crippen LogP contribution in [-0.2, 0) is 0 Å². The topological polar surface area (TPSA) is 64.7 Å². The van der Waals surface area contributed by atoms with Gasteiger partial charge in [-0.3, -0.25) is 0 Å². The number of aromatic nitrogens is 3. The van der Waals surface area contributed by atoms with E-state index in [9.17, 15) is 0 Å². The van der Waals surface area contributed by atoms with E-state index in [1.807, 2.05) is 30.5 Å². The van der Waals surface area contributed by atoms with Crippen LogP contribution >= 0.6 is 11.8 Å². The number of hydrogen-bond donors (Lipinski definition) is 1. The highest BCUT2D eigenvalue weighted by molar-refractivity contribution is 7.98. The number of nitrogen functional groups attached to an aromatic ring is 1. The lowest BCUT2D eigenvalue weighted by molar-refractivity contribution is 0.990. The van der Waals surface area contributed by atoms with Crippen molar-refractivity contribution in [3.63, 3.8) is 0 Å². The smallest absolute Gasteiger partial charge is 0.240 e. The minimum Gasteiger partial charge on any atom is -0.366 e. The second kappa shape index (κ2) is 4.27. The Kier molecular flexibility index (Phi) is 2.82. The second-order valence-corrected chi connectivity index (χ2v) is 3.81. The van der Waals surface area contributed by atoms with Crippen molar-refractivity contribution in [2.24, 2.45) is 0 Å². The Morgan fingerprint density at radius 2 is 1.93 bits per heavy atom. The van der Waals surface area contributed by atoms with Crippen LogP contribution in [0.1, 0.15) is 0 Å². The normalized spacial score (nSPS) is 10.2. The van der Waals surface area contributed by atoms with Gasteiger partial charge in [-0.15, -0.1) is 16.9 Å². The van der Waals surface area contributed by atoms with Crippen molar-refractivity contribution in [2.45, 2.75) is 4.90 Å². The molecule has 0 saturated heterocycles. The van der Waals surface area contributed by atoms with Gasteiger partial charge in [0.15, 0.2) is 0 Å². The van der Waals surface area contributed by atoms with Gasteiger partial charge in [-0.05, 0) is 18.4 Å². The molecule has 2 rings (SSSR count). The Balaban J connectivity index is 2.37. The van der Waals surface area contributed by atoms with Crippen LogP contribution in [0.25, 0.3) is 11.3 Å². The molecule has 0 spiro atoms. The number of nitrogens with two attached hydrogens (primary N) is 1. The van der Waals surface area contributed by atoms with Crippen LogP contribution in [0.3, 0.4) is 0 Å². The van der Waals surface area contributed by atoms with Gasteiger partial charge in [-0.1, -0.05) is 12.1 Å². The number of hydrogen-bond acceptors (Lipinski definition) is 5. The monoisotopic (exact) mass is 218 g/mol. The van der Waals surface area contributed by atoms with Crippen LogP contribution in [0.5, 0.6) is 0 Å². The molecule has 0 bridgehead atoms. The molecular formula is C10H10N4S. The molecule has 0 aliphatic carbocycles. The fraction of sp³-hybridized carbons (Fsp3) is 0.100. The van der Waals surface area contributed by atoms with E-state index in [2.05, 4.69) is 15.2 Å². The van der Waals surface area contributed by atoms with Gasteiger partial charge < -0.3 is 5.73 Å². The Morgan fingerprint density at radius 3 is 2.53 bits per heavy atom. The molecule has 0 amide bonds. The Labute approximate surface area is 91.9 Å². The first-order chi connectivity index (χ1) is 7.29. The van der Waals surface area contributed by atoms with E-state index in [1.54, 1.807) is 18.0 Å². The first-order valence-corrected chi connectivity index (χ1v) is 5.61. The minimum atomic E-state index is 0.196. The maximum atomic E-state index is 5.46. The molecule has 0 fully saturated rings. The number of nitrogens with zero attached hydrogens (tertiary/aromatic N) is 3. The van der Waals surface area contributed by atoms with E-state index >= 15 is 0 Å². The predicted molar refractivity (Wildman–Crippen MR) is 61.5 cm³/mol. The number of thioether (sulfide) groups is 1. The molecule has 2 aromatic rings. The summed E-state index contributed by atoms with van der Waals surface area (Å²) >= 11 is 1.70. The van der Waals surface area contributed by atoms with Gasteiger partial charge in [0, 0.05) is 10.5 Å². The van der Waals surface area contributed by atoms with E-state index in [-0.39, 0.29) is 5.95 Å². The molecule has 2 N–H and O–H groups in total. The quantitative estimate of drug-likeness (QED) is 0.779. The van der Waals surface area contributed by atoms with Crippen molar-refractivity contribution in [1.82, 2.24) is 15.2 Å². The molecule has 0 radical (unpaired) electrons. The second-order valence-electron chi connectivity index (χ2n) is 2.93. The van der Waals surface area contributed by atoms with Gasteiger partial charge in [0.2, 0.25) is 5.95 Å². The molecule has 5 heteroatoms. The summed E-state index contributed by atoms with van der Waals surface area (Å²) in [6.07, 6.45) is 3.64. The summed E-state index contributed by atoms with van der Waals surface area (Å²) in [5, 5.41) is 7.37. The molecule has 76 valence electrons. The first kappa shape index (κ1) is 9.92. The SMILES string of the molecule is CSc1ccc(-c2cnnc(N)n2)cc1. The zero-order valence-electron chi connectivity index (χ0n) is 8.21. The third-order valence-corrected chi connectivity index (χ3v) is 2.70. The van der Waals surface area contributed by atoms with E-state index in [4.69, 9.17) is 5.73 Å². The van der Waals surface area contributed by atoms with E-state index in [0.29, 0.717) is 0 Å². The minimum absolute atomic E-state index is 0.196. The molecule has 0 aliphatic rings. The van der Waals surface area contributed by atoms with Crippen molar-refractivity contribution in [2.75, 3.05) is 12.0 Å². The molecule has 0 saturated carbocycles. The Morgan fingerprint density at radius 1 is 1.20 bits per heavy atom. The van der Waals surface area contributed by atoms with E-state index < -0.39 is 0 Å². The zero-order valence-corrected chi connectivity index (χ0v) is 9.03. The fourth-order valence-corrected chi connectivity index (χ4v) is 1.63. The van der Waals surface area contributed by atoms with Gasteiger partial charge in [-0.2, -0.15) is 5.10 Å². The standard InChI is InChI=1S/C10H10N4S/c1-15-8-4-2-7(3-5-8)9-6-12-14-10(11)13-9/h2-6H,1H3,(H2,11,13,14). The zero-order chi connectivity index (χ0) is 10.7. The van der Waals surface area contributed by atoms with Gasteiger partial charge in [0.1, 0.15) is 0 Å². The molecule has 1 aromatic heterocycles. The summed E-state index contributed by atoms with van der Waals surface area (Å²) in [5.41, 5.74) is 7.20. The number of rotatable bonds is 2.